The summed E-state index contributed by atoms with van der Waals surface area (Å²) in [5, 5.41) is 0. The molecule has 11 heavy (non-hydrogen) atoms. The minimum Gasteiger partial charge on any atom is -0.0657 e. The molecule has 1 heterocycles. The highest BCUT2D eigenvalue weighted by Gasteiger charge is 2.24. The Morgan fingerprint density at radius 1 is 1.00 bits per heavy atom. The van der Waals surface area contributed by atoms with Crippen LogP contribution in [0.5, 0.6) is 0 Å². The second kappa shape index (κ2) is 2.40. The molecule has 0 aliphatic carbocycles. The summed E-state index contributed by atoms with van der Waals surface area (Å²) in [7, 11) is 2.41. The Labute approximate surface area is 68.9 Å². The molecule has 1 radical (unpaired) electrons. The third-order valence-corrected chi connectivity index (χ3v) is 2.55. The van der Waals surface area contributed by atoms with Crippen molar-refractivity contribution >= 4 is 7.28 Å². The standard InChI is InChI=1S/C10H12B/c1-7-9-5-3-4-6-10(9)8(2)11-7/h3-8H,1-2H3. The van der Waals surface area contributed by atoms with E-state index in [1.807, 2.05) is 0 Å². The predicted octanol–water partition coefficient (Wildman–Crippen LogP) is 2.53. The predicted molar refractivity (Wildman–Crippen MR) is 49.0 cm³/mol. The van der Waals surface area contributed by atoms with Crippen LogP contribution in [0.3, 0.4) is 0 Å². The Hall–Kier alpha value is -0.715. The van der Waals surface area contributed by atoms with Crippen molar-refractivity contribution in [1.82, 2.24) is 0 Å². The Balaban J connectivity index is 2.52. The molecule has 0 bridgehead atoms. The minimum atomic E-state index is 0.654. The van der Waals surface area contributed by atoms with Crippen molar-refractivity contribution in [3.8, 4) is 0 Å². The van der Waals surface area contributed by atoms with Crippen LogP contribution in [0.15, 0.2) is 24.3 Å². The summed E-state index contributed by atoms with van der Waals surface area (Å²) in [5.74, 6) is 1.31. The topological polar surface area (TPSA) is 0 Å². The molecule has 1 aromatic rings. The van der Waals surface area contributed by atoms with Crippen molar-refractivity contribution < 1.29 is 0 Å². The molecule has 2 unspecified atom stereocenters. The van der Waals surface area contributed by atoms with Gasteiger partial charge in [0.2, 0.25) is 0 Å². The minimum absolute atomic E-state index is 0.654. The van der Waals surface area contributed by atoms with Crippen LogP contribution in [-0.4, -0.2) is 7.28 Å². The lowest BCUT2D eigenvalue weighted by atomic mass is 9.60. The van der Waals surface area contributed by atoms with Gasteiger partial charge >= 0.3 is 0 Å². The lowest BCUT2D eigenvalue weighted by Gasteiger charge is -2.03. The molecule has 55 valence electrons. The fourth-order valence-corrected chi connectivity index (χ4v) is 1.98. The van der Waals surface area contributed by atoms with Crippen molar-refractivity contribution in [2.45, 2.75) is 25.5 Å². The molecule has 0 spiro atoms. The van der Waals surface area contributed by atoms with Gasteiger partial charge in [0.15, 0.2) is 0 Å². The molecule has 2 atom stereocenters. The third kappa shape index (κ3) is 0.992. The maximum absolute atomic E-state index is 2.41. The normalized spacial score (nSPS) is 27.8. The summed E-state index contributed by atoms with van der Waals surface area (Å²) in [5.41, 5.74) is 3.03. The van der Waals surface area contributed by atoms with Crippen molar-refractivity contribution in [2.75, 3.05) is 0 Å². The zero-order chi connectivity index (χ0) is 7.84. The molecule has 1 aliphatic rings. The molecule has 2 rings (SSSR count). The van der Waals surface area contributed by atoms with Gasteiger partial charge in [-0.05, 0) is 11.6 Å². The Bertz CT molecular complexity index is 240. The summed E-state index contributed by atoms with van der Waals surface area (Å²) in [4.78, 5) is 0. The van der Waals surface area contributed by atoms with Crippen molar-refractivity contribution in [3.05, 3.63) is 35.4 Å². The quantitative estimate of drug-likeness (QED) is 0.489. The molecule has 0 saturated carbocycles. The summed E-state index contributed by atoms with van der Waals surface area (Å²) in [6.07, 6.45) is 0. The van der Waals surface area contributed by atoms with E-state index in [9.17, 15) is 0 Å². The maximum atomic E-state index is 2.41. The highest BCUT2D eigenvalue weighted by molar-refractivity contribution is 6.42. The van der Waals surface area contributed by atoms with E-state index < -0.39 is 0 Å². The summed E-state index contributed by atoms with van der Waals surface area (Å²) < 4.78 is 0. The van der Waals surface area contributed by atoms with Gasteiger partial charge in [-0.15, -0.1) is 0 Å². The SMILES string of the molecule is CC1[B]C(C)c2ccccc21. The Kier molecular flexibility index (Phi) is 1.52. The van der Waals surface area contributed by atoms with Gasteiger partial charge in [-0.25, -0.2) is 0 Å². The smallest absolute Gasteiger partial charge is 0.0657 e. The molecule has 0 saturated heterocycles. The molecular formula is C10H12B. The van der Waals surface area contributed by atoms with Gasteiger partial charge in [0.25, 0.3) is 0 Å². The highest BCUT2D eigenvalue weighted by atomic mass is 14.2. The average Bonchev–Trinajstić information content (AvgIpc) is 2.30. The van der Waals surface area contributed by atoms with Gasteiger partial charge in [0.1, 0.15) is 7.28 Å². The Morgan fingerprint density at radius 2 is 1.45 bits per heavy atom. The zero-order valence-electron chi connectivity index (χ0n) is 7.04. The van der Waals surface area contributed by atoms with E-state index in [-0.39, 0.29) is 0 Å². The van der Waals surface area contributed by atoms with Gasteiger partial charge in [-0.1, -0.05) is 49.2 Å². The number of hydrogen-bond donors (Lipinski definition) is 0. The van der Waals surface area contributed by atoms with Gasteiger partial charge < -0.3 is 0 Å². The lowest BCUT2D eigenvalue weighted by Crippen LogP contribution is -1.98. The summed E-state index contributed by atoms with van der Waals surface area (Å²) in [6, 6.07) is 8.72. The van der Waals surface area contributed by atoms with Crippen LogP contribution in [0, 0.1) is 0 Å². The van der Waals surface area contributed by atoms with Gasteiger partial charge in [0.05, 0.1) is 0 Å². The number of benzene rings is 1. The first-order valence-electron chi connectivity index (χ1n) is 4.23. The molecule has 1 aromatic carbocycles. The second-order valence-electron chi connectivity index (χ2n) is 3.40. The molecule has 0 aromatic heterocycles. The molecule has 0 fully saturated rings. The van der Waals surface area contributed by atoms with Crippen LogP contribution in [0.2, 0.25) is 0 Å². The van der Waals surface area contributed by atoms with Crippen LogP contribution in [0.1, 0.15) is 36.6 Å². The molecule has 1 heteroatoms. The van der Waals surface area contributed by atoms with E-state index in [2.05, 4.69) is 45.4 Å². The van der Waals surface area contributed by atoms with Crippen LogP contribution in [0.4, 0.5) is 0 Å². The van der Waals surface area contributed by atoms with E-state index >= 15 is 0 Å². The fraction of sp³-hybridized carbons (Fsp3) is 0.400. The van der Waals surface area contributed by atoms with Gasteiger partial charge in [-0.3, -0.25) is 0 Å². The third-order valence-electron chi connectivity index (χ3n) is 2.55. The van der Waals surface area contributed by atoms with Crippen molar-refractivity contribution in [3.63, 3.8) is 0 Å². The van der Waals surface area contributed by atoms with E-state index in [0.717, 1.165) is 0 Å². The van der Waals surface area contributed by atoms with Crippen molar-refractivity contribution in [1.29, 1.82) is 0 Å². The fourth-order valence-electron chi connectivity index (χ4n) is 1.98. The first-order chi connectivity index (χ1) is 5.29. The first-order valence-corrected chi connectivity index (χ1v) is 4.23. The molecule has 0 amide bonds. The Morgan fingerprint density at radius 3 is 1.91 bits per heavy atom. The lowest BCUT2D eigenvalue weighted by molar-refractivity contribution is 1.08. The highest BCUT2D eigenvalue weighted by Crippen LogP contribution is 2.34. The molecule has 0 N–H and O–H groups in total. The molecule has 0 nitrogen and oxygen atoms in total. The van der Waals surface area contributed by atoms with E-state index in [0.29, 0.717) is 11.6 Å². The van der Waals surface area contributed by atoms with Crippen molar-refractivity contribution in [2.24, 2.45) is 0 Å². The zero-order valence-corrected chi connectivity index (χ0v) is 7.04. The van der Waals surface area contributed by atoms with Crippen LogP contribution >= 0.6 is 0 Å². The number of fused-ring (bicyclic) bond motifs is 1. The summed E-state index contributed by atoms with van der Waals surface area (Å²) >= 11 is 0. The molecular weight excluding hydrogens is 131 g/mol. The van der Waals surface area contributed by atoms with Gasteiger partial charge in [-0.2, -0.15) is 0 Å². The van der Waals surface area contributed by atoms with E-state index in [1.54, 1.807) is 0 Å². The molecule has 1 aliphatic heterocycles. The largest absolute Gasteiger partial charge is 0.128 e. The van der Waals surface area contributed by atoms with Crippen LogP contribution in [-0.2, 0) is 0 Å². The van der Waals surface area contributed by atoms with Gasteiger partial charge in [0, 0.05) is 0 Å². The van der Waals surface area contributed by atoms with E-state index in [1.165, 1.54) is 11.1 Å². The number of hydrogen-bond acceptors (Lipinski definition) is 0. The summed E-state index contributed by atoms with van der Waals surface area (Å²) in [6.45, 7) is 4.53. The second-order valence-corrected chi connectivity index (χ2v) is 3.40. The van der Waals surface area contributed by atoms with Crippen LogP contribution in [0.25, 0.3) is 0 Å². The van der Waals surface area contributed by atoms with Crippen LogP contribution < -0.4 is 0 Å². The monoisotopic (exact) mass is 143 g/mol. The average molecular weight is 143 g/mol. The number of rotatable bonds is 0. The van der Waals surface area contributed by atoms with E-state index in [4.69, 9.17) is 0 Å². The maximum Gasteiger partial charge on any atom is 0.128 e. The first kappa shape index (κ1) is 6.96.